The van der Waals surface area contributed by atoms with Gasteiger partial charge in [-0.05, 0) is 55.2 Å². The Hall–Kier alpha value is -1.83. The second-order valence-corrected chi connectivity index (χ2v) is 8.29. The third kappa shape index (κ3) is 9.28. The number of aliphatic hydroxyl groups is 6. The molecule has 3 rings (SSSR count). The Kier molecular flexibility index (Phi) is 15.2. The predicted octanol–water partition coefficient (Wildman–Crippen LogP) is -0.446. The first-order valence-corrected chi connectivity index (χ1v) is 11.2. The second-order valence-electron chi connectivity index (χ2n) is 7.89. The number of ether oxygens (including phenoxy) is 2. The summed E-state index contributed by atoms with van der Waals surface area (Å²) in [5.41, 5.74) is 2.49. The molecule has 35 heavy (non-hydrogen) atoms. The zero-order valence-corrected chi connectivity index (χ0v) is 20.5. The van der Waals surface area contributed by atoms with E-state index in [1.807, 2.05) is 37.3 Å². The van der Waals surface area contributed by atoms with Gasteiger partial charge in [-0.25, -0.2) is 0 Å². The number of aliphatic hydroxyl groups excluding tert-OH is 6. The van der Waals surface area contributed by atoms with Crippen LogP contribution >= 0.6 is 11.6 Å². The van der Waals surface area contributed by atoms with Gasteiger partial charge in [0.2, 0.25) is 0 Å². The first-order valence-electron chi connectivity index (χ1n) is 10.8. The van der Waals surface area contributed by atoms with E-state index in [2.05, 4.69) is 0 Å². The number of hydrogen-bond donors (Lipinski definition) is 6. The van der Waals surface area contributed by atoms with Crippen LogP contribution in [0.1, 0.15) is 36.6 Å². The molecule has 1 fully saturated rings. The molecular formula is C24H37ClO10. The maximum absolute atomic E-state index is 10.3. The maximum atomic E-state index is 10.3. The molecular weight excluding hydrogens is 484 g/mol. The van der Waals surface area contributed by atoms with Gasteiger partial charge in [0.25, 0.3) is 0 Å². The fourth-order valence-electron chi connectivity index (χ4n) is 3.37. The first kappa shape index (κ1) is 33.2. The molecule has 0 spiro atoms. The van der Waals surface area contributed by atoms with Crippen molar-refractivity contribution in [3.8, 4) is 5.75 Å². The summed E-state index contributed by atoms with van der Waals surface area (Å²) >= 11 is 6.35. The van der Waals surface area contributed by atoms with E-state index in [9.17, 15) is 20.4 Å². The van der Waals surface area contributed by atoms with Crippen LogP contribution in [0.15, 0.2) is 42.5 Å². The van der Waals surface area contributed by atoms with Crippen molar-refractivity contribution in [2.75, 3.05) is 19.8 Å². The standard InChI is InChI=1S/C21H25ClO6.C3H8O2.2H2O/c1-2-27-15-6-3-12(4-7-15)9-14-10-13(5-8-16(14)22)21-20(26)19(25)18(24)17(11-23)28-21;1-3(5)2-4;;/h3-8,10,17-21,23-26H,2,9,11H2,1H3;3-5H,2H2,1H3;2*1H2/t17-,18-,19+,20-,21+;;;/m1.../s1. The van der Waals surface area contributed by atoms with Gasteiger partial charge in [-0.2, -0.15) is 0 Å². The van der Waals surface area contributed by atoms with Crippen molar-refractivity contribution in [3.05, 3.63) is 64.2 Å². The van der Waals surface area contributed by atoms with Crippen molar-refractivity contribution >= 4 is 11.6 Å². The topological polar surface area (TPSA) is 203 Å². The summed E-state index contributed by atoms with van der Waals surface area (Å²) in [7, 11) is 0. The van der Waals surface area contributed by atoms with E-state index in [4.69, 9.17) is 31.3 Å². The molecule has 10 nitrogen and oxygen atoms in total. The van der Waals surface area contributed by atoms with E-state index in [1.54, 1.807) is 12.1 Å². The monoisotopic (exact) mass is 520 g/mol. The minimum Gasteiger partial charge on any atom is -0.494 e. The summed E-state index contributed by atoms with van der Waals surface area (Å²) in [6.45, 7) is 3.46. The molecule has 1 unspecified atom stereocenters. The van der Waals surface area contributed by atoms with Crippen LogP contribution in [0.4, 0.5) is 0 Å². The van der Waals surface area contributed by atoms with Crippen LogP contribution < -0.4 is 4.74 Å². The molecule has 0 aromatic heterocycles. The number of hydrogen-bond acceptors (Lipinski definition) is 8. The molecule has 2 aromatic carbocycles. The largest absolute Gasteiger partial charge is 0.494 e. The lowest BCUT2D eigenvalue weighted by Crippen LogP contribution is -2.55. The predicted molar refractivity (Wildman–Crippen MR) is 131 cm³/mol. The first-order chi connectivity index (χ1) is 15.7. The molecule has 11 heteroatoms. The van der Waals surface area contributed by atoms with E-state index in [0.29, 0.717) is 23.6 Å². The van der Waals surface area contributed by atoms with Gasteiger partial charge in [-0.15, -0.1) is 0 Å². The molecule has 10 N–H and O–H groups in total. The number of halogens is 1. The van der Waals surface area contributed by atoms with Crippen molar-refractivity contribution in [3.63, 3.8) is 0 Å². The van der Waals surface area contributed by atoms with Crippen molar-refractivity contribution in [1.82, 2.24) is 0 Å². The van der Waals surface area contributed by atoms with Crippen molar-refractivity contribution in [1.29, 1.82) is 0 Å². The quantitative estimate of drug-likeness (QED) is 0.281. The number of benzene rings is 2. The van der Waals surface area contributed by atoms with E-state index >= 15 is 0 Å². The van der Waals surface area contributed by atoms with Gasteiger partial charge in [0.1, 0.15) is 36.3 Å². The van der Waals surface area contributed by atoms with Gasteiger partial charge in [0, 0.05) is 5.02 Å². The Morgan fingerprint density at radius 2 is 1.57 bits per heavy atom. The van der Waals surface area contributed by atoms with Gasteiger partial charge < -0.3 is 51.1 Å². The number of rotatable bonds is 7. The van der Waals surface area contributed by atoms with Crippen LogP contribution in [0, 0.1) is 0 Å². The highest BCUT2D eigenvalue weighted by Crippen LogP contribution is 2.34. The third-order valence-electron chi connectivity index (χ3n) is 5.18. The molecule has 0 saturated carbocycles. The lowest BCUT2D eigenvalue weighted by atomic mass is 9.90. The minimum atomic E-state index is -1.42. The molecule has 2 aromatic rings. The van der Waals surface area contributed by atoms with Crippen LogP contribution in [0.3, 0.4) is 0 Å². The fourth-order valence-corrected chi connectivity index (χ4v) is 3.56. The van der Waals surface area contributed by atoms with Crippen LogP contribution in [0.2, 0.25) is 5.02 Å². The highest BCUT2D eigenvalue weighted by atomic mass is 35.5. The highest BCUT2D eigenvalue weighted by Gasteiger charge is 2.44. The molecule has 0 aliphatic carbocycles. The summed E-state index contributed by atoms with van der Waals surface area (Å²) in [6, 6.07) is 12.9. The van der Waals surface area contributed by atoms with Gasteiger partial charge in [0.05, 0.1) is 25.9 Å². The Balaban J connectivity index is 0.00000150. The SMILES string of the molecule is CC(O)CO.CCOc1ccc(Cc2cc([C@@H]3O[C@H](CO)[C@@H](O)[C@H](O)[C@H]3O)ccc2Cl)cc1.O.O. The minimum absolute atomic E-state index is 0. The summed E-state index contributed by atoms with van der Waals surface area (Å²) in [5, 5.41) is 56.3. The maximum Gasteiger partial charge on any atom is 0.119 e. The Bertz CT molecular complexity index is 847. The average Bonchev–Trinajstić information content (AvgIpc) is 2.81. The highest BCUT2D eigenvalue weighted by molar-refractivity contribution is 6.31. The van der Waals surface area contributed by atoms with Crippen molar-refractivity contribution in [2.45, 2.75) is 56.9 Å². The van der Waals surface area contributed by atoms with Crippen LogP contribution in [0.25, 0.3) is 0 Å². The normalized spacial score (nSPS) is 24.2. The molecule has 200 valence electrons. The molecule has 1 saturated heterocycles. The van der Waals surface area contributed by atoms with Crippen LogP contribution in [0.5, 0.6) is 5.75 Å². The zero-order chi connectivity index (χ0) is 24.5. The molecule has 0 radical (unpaired) electrons. The van der Waals surface area contributed by atoms with Gasteiger partial charge in [-0.1, -0.05) is 35.9 Å². The molecule has 6 atom stereocenters. The Morgan fingerprint density at radius 1 is 0.971 bits per heavy atom. The van der Waals surface area contributed by atoms with E-state index in [0.717, 1.165) is 16.9 Å². The van der Waals surface area contributed by atoms with Crippen molar-refractivity contribution in [2.24, 2.45) is 0 Å². The fraction of sp³-hybridized carbons (Fsp3) is 0.500. The summed E-state index contributed by atoms with van der Waals surface area (Å²) in [5.74, 6) is 0.799. The molecule has 1 aliphatic rings. The Morgan fingerprint density at radius 3 is 2.09 bits per heavy atom. The Labute approximate surface area is 209 Å². The molecule has 0 bridgehead atoms. The summed E-state index contributed by atoms with van der Waals surface area (Å²) < 4.78 is 11.1. The van der Waals surface area contributed by atoms with Gasteiger partial charge in [-0.3, -0.25) is 0 Å². The van der Waals surface area contributed by atoms with E-state index < -0.39 is 43.2 Å². The van der Waals surface area contributed by atoms with E-state index in [1.165, 1.54) is 6.92 Å². The van der Waals surface area contributed by atoms with Crippen LogP contribution in [-0.2, 0) is 11.2 Å². The average molecular weight is 521 g/mol. The van der Waals surface area contributed by atoms with E-state index in [-0.39, 0.29) is 17.6 Å². The molecule has 1 heterocycles. The van der Waals surface area contributed by atoms with Crippen LogP contribution in [-0.4, -0.2) is 91.9 Å². The smallest absolute Gasteiger partial charge is 0.119 e. The zero-order valence-electron chi connectivity index (χ0n) is 19.7. The molecule has 0 amide bonds. The lowest BCUT2D eigenvalue weighted by Gasteiger charge is -2.40. The summed E-state index contributed by atoms with van der Waals surface area (Å²) in [4.78, 5) is 0. The summed E-state index contributed by atoms with van der Waals surface area (Å²) in [6.07, 6.45) is -5.95. The van der Waals surface area contributed by atoms with Crippen molar-refractivity contribution < 1.29 is 51.1 Å². The van der Waals surface area contributed by atoms with Gasteiger partial charge in [0.15, 0.2) is 0 Å². The third-order valence-corrected chi connectivity index (χ3v) is 5.55. The molecule has 1 aliphatic heterocycles. The van der Waals surface area contributed by atoms with Gasteiger partial charge >= 0.3 is 0 Å². The second kappa shape index (κ2) is 16.0. The lowest BCUT2D eigenvalue weighted by molar-refractivity contribution is -0.231.